The van der Waals surface area contributed by atoms with Crippen molar-refractivity contribution in [1.82, 2.24) is 0 Å². The second-order valence-electron chi connectivity index (χ2n) is 4.97. The monoisotopic (exact) mass is 286 g/mol. The fraction of sp³-hybridized carbons (Fsp3) is 0.333. The van der Waals surface area contributed by atoms with Crippen molar-refractivity contribution in [2.45, 2.75) is 26.4 Å². The van der Waals surface area contributed by atoms with Crippen LogP contribution in [0.4, 0.5) is 0 Å². The maximum absolute atomic E-state index is 10.9. The van der Waals surface area contributed by atoms with E-state index in [1.165, 1.54) is 0 Å². The van der Waals surface area contributed by atoms with Crippen LogP contribution in [-0.2, 0) is 5.60 Å². The van der Waals surface area contributed by atoms with Crippen LogP contribution >= 0.6 is 0 Å². The summed E-state index contributed by atoms with van der Waals surface area (Å²) < 4.78 is 11.2. The van der Waals surface area contributed by atoms with Gasteiger partial charge in [0.2, 0.25) is 0 Å². The van der Waals surface area contributed by atoms with Gasteiger partial charge in [-0.1, -0.05) is 36.4 Å². The number of rotatable bonds is 6. The standard InChI is InChI=1S/C18H22O3/c1-4-20-16-12-11-15(13-17(16)21-5-2)18(3,19)14-9-7-6-8-10-14/h6-13,19H,4-5H2,1-3H3. The number of ether oxygens (including phenoxy) is 2. The lowest BCUT2D eigenvalue weighted by molar-refractivity contribution is 0.102. The molecule has 0 fully saturated rings. The van der Waals surface area contributed by atoms with Crippen molar-refractivity contribution in [3.8, 4) is 11.5 Å². The Morgan fingerprint density at radius 2 is 1.48 bits per heavy atom. The molecule has 21 heavy (non-hydrogen) atoms. The van der Waals surface area contributed by atoms with E-state index in [4.69, 9.17) is 9.47 Å². The molecular weight excluding hydrogens is 264 g/mol. The van der Waals surface area contributed by atoms with Gasteiger partial charge in [-0.15, -0.1) is 0 Å². The molecule has 1 N–H and O–H groups in total. The normalized spacial score (nSPS) is 13.5. The highest BCUT2D eigenvalue weighted by Crippen LogP contribution is 2.35. The zero-order valence-corrected chi connectivity index (χ0v) is 12.8. The summed E-state index contributed by atoms with van der Waals surface area (Å²) in [7, 11) is 0. The van der Waals surface area contributed by atoms with Crippen LogP contribution in [0.3, 0.4) is 0 Å². The number of hydrogen-bond acceptors (Lipinski definition) is 3. The molecule has 2 aromatic rings. The first-order valence-corrected chi connectivity index (χ1v) is 7.27. The van der Waals surface area contributed by atoms with Crippen LogP contribution in [0.5, 0.6) is 11.5 Å². The summed E-state index contributed by atoms with van der Waals surface area (Å²) in [4.78, 5) is 0. The average Bonchev–Trinajstić information content (AvgIpc) is 2.50. The molecule has 0 saturated heterocycles. The lowest BCUT2D eigenvalue weighted by Gasteiger charge is -2.25. The largest absolute Gasteiger partial charge is 0.490 e. The van der Waals surface area contributed by atoms with Crippen LogP contribution in [0, 0.1) is 0 Å². The first-order chi connectivity index (χ1) is 10.1. The van der Waals surface area contributed by atoms with Gasteiger partial charge in [-0.05, 0) is 44.0 Å². The average molecular weight is 286 g/mol. The summed E-state index contributed by atoms with van der Waals surface area (Å²) in [6, 6.07) is 15.2. The predicted molar refractivity (Wildman–Crippen MR) is 83.9 cm³/mol. The number of benzene rings is 2. The topological polar surface area (TPSA) is 38.7 Å². The summed E-state index contributed by atoms with van der Waals surface area (Å²) >= 11 is 0. The van der Waals surface area contributed by atoms with Crippen molar-refractivity contribution >= 4 is 0 Å². The van der Waals surface area contributed by atoms with Gasteiger partial charge in [0.25, 0.3) is 0 Å². The molecule has 0 saturated carbocycles. The molecule has 112 valence electrons. The summed E-state index contributed by atoms with van der Waals surface area (Å²) in [5, 5.41) is 10.9. The van der Waals surface area contributed by atoms with Crippen molar-refractivity contribution < 1.29 is 14.6 Å². The Balaban J connectivity index is 2.41. The third-order valence-electron chi connectivity index (χ3n) is 3.44. The van der Waals surface area contributed by atoms with Gasteiger partial charge in [-0.2, -0.15) is 0 Å². The van der Waals surface area contributed by atoms with Crippen LogP contribution < -0.4 is 9.47 Å². The van der Waals surface area contributed by atoms with Gasteiger partial charge < -0.3 is 14.6 Å². The van der Waals surface area contributed by atoms with E-state index in [9.17, 15) is 5.11 Å². The lowest BCUT2D eigenvalue weighted by Crippen LogP contribution is -2.22. The molecule has 1 atom stereocenters. The molecule has 0 amide bonds. The van der Waals surface area contributed by atoms with Crippen LogP contribution in [0.2, 0.25) is 0 Å². The maximum Gasteiger partial charge on any atom is 0.161 e. The second kappa shape index (κ2) is 6.64. The first kappa shape index (κ1) is 15.4. The van der Waals surface area contributed by atoms with Gasteiger partial charge >= 0.3 is 0 Å². The Morgan fingerprint density at radius 1 is 0.857 bits per heavy atom. The molecule has 0 aliphatic rings. The van der Waals surface area contributed by atoms with E-state index in [0.29, 0.717) is 24.7 Å². The van der Waals surface area contributed by atoms with E-state index in [-0.39, 0.29) is 0 Å². The molecule has 3 heteroatoms. The Kier molecular flexibility index (Phi) is 4.86. The second-order valence-corrected chi connectivity index (χ2v) is 4.97. The number of aliphatic hydroxyl groups is 1. The van der Waals surface area contributed by atoms with E-state index >= 15 is 0 Å². The van der Waals surface area contributed by atoms with Crippen molar-refractivity contribution in [1.29, 1.82) is 0 Å². The van der Waals surface area contributed by atoms with Gasteiger partial charge in [-0.25, -0.2) is 0 Å². The molecule has 2 rings (SSSR count). The zero-order chi connectivity index (χ0) is 15.3. The van der Waals surface area contributed by atoms with Crippen LogP contribution in [0.25, 0.3) is 0 Å². The quantitative estimate of drug-likeness (QED) is 0.879. The smallest absolute Gasteiger partial charge is 0.161 e. The summed E-state index contributed by atoms with van der Waals surface area (Å²) in [5.41, 5.74) is 0.551. The lowest BCUT2D eigenvalue weighted by atomic mass is 9.88. The van der Waals surface area contributed by atoms with E-state index in [0.717, 1.165) is 11.1 Å². The summed E-state index contributed by atoms with van der Waals surface area (Å²) in [6.45, 7) is 6.78. The highest BCUT2D eigenvalue weighted by molar-refractivity contribution is 5.47. The third-order valence-corrected chi connectivity index (χ3v) is 3.44. The Bertz CT molecular complexity index is 576. The van der Waals surface area contributed by atoms with Gasteiger partial charge in [0, 0.05) is 0 Å². The minimum absolute atomic E-state index is 0.553. The third kappa shape index (κ3) is 3.37. The van der Waals surface area contributed by atoms with Gasteiger partial charge in [0.05, 0.1) is 13.2 Å². The molecule has 0 aromatic heterocycles. The molecular formula is C18H22O3. The fourth-order valence-corrected chi connectivity index (χ4v) is 2.28. The Morgan fingerprint density at radius 3 is 2.10 bits per heavy atom. The molecule has 1 unspecified atom stereocenters. The van der Waals surface area contributed by atoms with Gasteiger partial charge in [0.15, 0.2) is 11.5 Å². The molecule has 0 spiro atoms. The van der Waals surface area contributed by atoms with E-state index in [1.54, 1.807) is 6.92 Å². The molecule has 3 nitrogen and oxygen atoms in total. The van der Waals surface area contributed by atoms with Crippen molar-refractivity contribution in [3.05, 3.63) is 59.7 Å². The molecule has 0 aliphatic carbocycles. The van der Waals surface area contributed by atoms with Crippen LogP contribution in [-0.4, -0.2) is 18.3 Å². The summed E-state index contributed by atoms with van der Waals surface area (Å²) in [6.07, 6.45) is 0. The Labute approximate surface area is 126 Å². The Hall–Kier alpha value is -2.00. The highest BCUT2D eigenvalue weighted by atomic mass is 16.5. The van der Waals surface area contributed by atoms with Crippen molar-refractivity contribution in [2.24, 2.45) is 0 Å². The van der Waals surface area contributed by atoms with Crippen LogP contribution in [0.1, 0.15) is 31.9 Å². The summed E-state index contributed by atoms with van der Waals surface area (Å²) in [5.74, 6) is 1.36. The van der Waals surface area contributed by atoms with Crippen LogP contribution in [0.15, 0.2) is 48.5 Å². The van der Waals surface area contributed by atoms with E-state index < -0.39 is 5.60 Å². The minimum Gasteiger partial charge on any atom is -0.490 e. The molecule has 0 heterocycles. The molecule has 0 aliphatic heterocycles. The van der Waals surface area contributed by atoms with E-state index in [1.807, 2.05) is 62.4 Å². The SMILES string of the molecule is CCOc1ccc(C(C)(O)c2ccccc2)cc1OCC. The highest BCUT2D eigenvalue weighted by Gasteiger charge is 2.26. The fourth-order valence-electron chi connectivity index (χ4n) is 2.28. The predicted octanol–water partition coefficient (Wildman–Crippen LogP) is 3.74. The van der Waals surface area contributed by atoms with Crippen molar-refractivity contribution in [3.63, 3.8) is 0 Å². The molecule has 0 bridgehead atoms. The maximum atomic E-state index is 10.9. The molecule has 0 radical (unpaired) electrons. The van der Waals surface area contributed by atoms with E-state index in [2.05, 4.69) is 0 Å². The van der Waals surface area contributed by atoms with Crippen molar-refractivity contribution in [2.75, 3.05) is 13.2 Å². The number of hydrogen-bond donors (Lipinski definition) is 1. The zero-order valence-electron chi connectivity index (χ0n) is 12.8. The molecule has 2 aromatic carbocycles. The first-order valence-electron chi connectivity index (χ1n) is 7.27. The van der Waals surface area contributed by atoms with Gasteiger partial charge in [0.1, 0.15) is 5.60 Å². The minimum atomic E-state index is -1.07. The van der Waals surface area contributed by atoms with Gasteiger partial charge in [-0.3, -0.25) is 0 Å².